The van der Waals surface area contributed by atoms with Gasteiger partial charge >= 0.3 is 0 Å². The summed E-state index contributed by atoms with van der Waals surface area (Å²) in [7, 11) is 0. The molecule has 3 N–H and O–H groups in total. The summed E-state index contributed by atoms with van der Waals surface area (Å²) in [5.74, 6) is -0.0926. The Hall–Kier alpha value is -1.81. The van der Waals surface area contributed by atoms with E-state index in [2.05, 4.69) is 51.5 Å². The average Bonchev–Trinajstić information content (AvgIpc) is 2.52. The van der Waals surface area contributed by atoms with Crippen LogP contribution in [-0.4, -0.2) is 25.0 Å². The second-order valence-corrected chi connectivity index (χ2v) is 7.65. The van der Waals surface area contributed by atoms with Gasteiger partial charge in [0.2, 0.25) is 0 Å². The number of nitrogens with one attached hydrogen (secondary N) is 3. The highest BCUT2D eigenvalue weighted by Crippen LogP contribution is 2.22. The predicted molar refractivity (Wildman–Crippen MR) is 94.3 cm³/mol. The summed E-state index contributed by atoms with van der Waals surface area (Å²) in [6.07, 6.45) is 3.15. The van der Waals surface area contributed by atoms with Gasteiger partial charge in [-0.15, -0.1) is 0 Å². The van der Waals surface area contributed by atoms with Crippen LogP contribution in [0.15, 0.2) is 36.0 Å². The molecule has 1 unspecified atom stereocenters. The van der Waals surface area contributed by atoms with Gasteiger partial charge in [0.15, 0.2) is 0 Å². The SMILES string of the molecule is CC(C)[NH+]1CC=C(NNC(=O)c2ccc(C(C)(C)C)cc2)CC1. The lowest BCUT2D eigenvalue weighted by Crippen LogP contribution is -3.15. The third-order valence-electron chi connectivity index (χ3n) is 4.49. The summed E-state index contributed by atoms with van der Waals surface area (Å²) in [6.45, 7) is 13.1. The molecule has 1 atom stereocenters. The van der Waals surface area contributed by atoms with Gasteiger partial charge in [0.25, 0.3) is 5.91 Å². The minimum Gasteiger partial charge on any atom is -0.329 e. The van der Waals surface area contributed by atoms with Crippen LogP contribution in [0.3, 0.4) is 0 Å². The smallest absolute Gasteiger partial charge is 0.269 e. The zero-order valence-electron chi connectivity index (χ0n) is 15.0. The maximum Gasteiger partial charge on any atom is 0.269 e. The fourth-order valence-corrected chi connectivity index (χ4v) is 2.72. The lowest BCUT2D eigenvalue weighted by molar-refractivity contribution is -0.917. The van der Waals surface area contributed by atoms with E-state index in [1.165, 1.54) is 5.56 Å². The van der Waals surface area contributed by atoms with Crippen molar-refractivity contribution in [1.29, 1.82) is 0 Å². The molecular weight excluding hydrogens is 286 g/mol. The van der Waals surface area contributed by atoms with E-state index in [1.807, 2.05) is 24.3 Å². The zero-order valence-corrected chi connectivity index (χ0v) is 15.0. The van der Waals surface area contributed by atoms with Crippen LogP contribution in [0.2, 0.25) is 0 Å². The number of amides is 1. The first kappa shape index (κ1) is 17.5. The van der Waals surface area contributed by atoms with Crippen molar-refractivity contribution in [3.05, 3.63) is 47.2 Å². The van der Waals surface area contributed by atoms with Gasteiger partial charge < -0.3 is 10.3 Å². The Morgan fingerprint density at radius 2 is 1.83 bits per heavy atom. The first-order valence-electron chi connectivity index (χ1n) is 8.48. The summed E-state index contributed by atoms with van der Waals surface area (Å²) < 4.78 is 0. The summed E-state index contributed by atoms with van der Waals surface area (Å²) >= 11 is 0. The third kappa shape index (κ3) is 4.83. The first-order valence-corrected chi connectivity index (χ1v) is 8.48. The molecule has 0 spiro atoms. The van der Waals surface area contributed by atoms with Crippen LogP contribution >= 0.6 is 0 Å². The molecule has 0 fully saturated rings. The standard InChI is InChI=1S/C19H29N3O/c1-14(2)22-12-10-17(11-13-22)20-21-18(23)15-6-8-16(9-7-15)19(3,4)5/h6-10,14,20H,11-13H2,1-5H3,(H,21,23)/p+1. The van der Waals surface area contributed by atoms with E-state index >= 15 is 0 Å². The Morgan fingerprint density at radius 3 is 2.30 bits per heavy atom. The number of rotatable bonds is 4. The number of carbonyl (C=O) groups is 1. The number of benzene rings is 1. The second-order valence-electron chi connectivity index (χ2n) is 7.65. The Balaban J connectivity index is 1.88. The topological polar surface area (TPSA) is 45.6 Å². The fraction of sp³-hybridized carbons (Fsp3) is 0.526. The van der Waals surface area contributed by atoms with Crippen molar-refractivity contribution in [2.24, 2.45) is 0 Å². The lowest BCUT2D eigenvalue weighted by atomic mass is 9.87. The molecule has 2 rings (SSSR count). The van der Waals surface area contributed by atoms with Crippen LogP contribution in [0.5, 0.6) is 0 Å². The van der Waals surface area contributed by atoms with Crippen molar-refractivity contribution in [1.82, 2.24) is 10.9 Å². The molecule has 23 heavy (non-hydrogen) atoms. The van der Waals surface area contributed by atoms with Gasteiger partial charge in [-0.2, -0.15) is 0 Å². The van der Waals surface area contributed by atoms with E-state index in [0.29, 0.717) is 11.6 Å². The van der Waals surface area contributed by atoms with E-state index in [0.717, 1.165) is 25.2 Å². The molecule has 126 valence electrons. The monoisotopic (exact) mass is 316 g/mol. The molecule has 1 aromatic carbocycles. The molecule has 0 aromatic heterocycles. The van der Waals surface area contributed by atoms with E-state index in [4.69, 9.17) is 0 Å². The fourth-order valence-electron chi connectivity index (χ4n) is 2.72. The Labute approximate surface area is 139 Å². The van der Waals surface area contributed by atoms with E-state index < -0.39 is 0 Å². The molecule has 1 aliphatic rings. The number of hydrazine groups is 1. The van der Waals surface area contributed by atoms with Gasteiger partial charge in [-0.25, -0.2) is 0 Å². The molecule has 0 radical (unpaired) electrons. The Kier molecular flexibility index (Phi) is 5.47. The van der Waals surface area contributed by atoms with Crippen LogP contribution in [0.25, 0.3) is 0 Å². The van der Waals surface area contributed by atoms with Crippen LogP contribution in [0.1, 0.15) is 57.0 Å². The second kappa shape index (κ2) is 7.18. The number of carbonyl (C=O) groups excluding carboxylic acids is 1. The zero-order chi connectivity index (χ0) is 17.0. The van der Waals surface area contributed by atoms with E-state index in [-0.39, 0.29) is 11.3 Å². The van der Waals surface area contributed by atoms with Crippen LogP contribution in [0.4, 0.5) is 0 Å². The van der Waals surface area contributed by atoms with Gasteiger partial charge in [-0.1, -0.05) is 32.9 Å². The summed E-state index contributed by atoms with van der Waals surface area (Å²) in [5, 5.41) is 0. The molecule has 4 nitrogen and oxygen atoms in total. The lowest BCUT2D eigenvalue weighted by Gasteiger charge is -2.27. The summed E-state index contributed by atoms with van der Waals surface area (Å²) in [4.78, 5) is 13.8. The highest BCUT2D eigenvalue weighted by atomic mass is 16.2. The van der Waals surface area contributed by atoms with Gasteiger partial charge in [-0.05, 0) is 43.0 Å². The average molecular weight is 316 g/mol. The van der Waals surface area contributed by atoms with Gasteiger partial charge in [0, 0.05) is 17.7 Å². The maximum atomic E-state index is 12.2. The van der Waals surface area contributed by atoms with Crippen LogP contribution in [0, 0.1) is 0 Å². The number of hydrogen-bond donors (Lipinski definition) is 3. The molecule has 0 bridgehead atoms. The third-order valence-corrected chi connectivity index (χ3v) is 4.49. The minimum absolute atomic E-state index is 0.0926. The molecule has 4 heteroatoms. The molecule has 0 saturated heterocycles. The van der Waals surface area contributed by atoms with Crippen LogP contribution < -0.4 is 15.8 Å². The van der Waals surface area contributed by atoms with Gasteiger partial charge in [0.1, 0.15) is 0 Å². The van der Waals surface area contributed by atoms with Gasteiger partial charge in [0.05, 0.1) is 19.1 Å². The highest BCUT2D eigenvalue weighted by molar-refractivity contribution is 5.93. The molecule has 1 amide bonds. The van der Waals surface area contributed by atoms with Crippen molar-refractivity contribution in [2.75, 3.05) is 13.1 Å². The largest absolute Gasteiger partial charge is 0.329 e. The minimum atomic E-state index is -0.0926. The molecule has 1 heterocycles. The van der Waals surface area contributed by atoms with Crippen molar-refractivity contribution in [2.45, 2.75) is 52.5 Å². The molecule has 1 aromatic rings. The number of quaternary nitrogens is 1. The quantitative estimate of drug-likeness (QED) is 0.742. The Morgan fingerprint density at radius 1 is 1.17 bits per heavy atom. The van der Waals surface area contributed by atoms with Crippen molar-refractivity contribution >= 4 is 5.91 Å². The predicted octanol–water partition coefficient (Wildman–Crippen LogP) is 1.80. The van der Waals surface area contributed by atoms with E-state index in [1.54, 1.807) is 4.90 Å². The van der Waals surface area contributed by atoms with E-state index in [9.17, 15) is 4.79 Å². The highest BCUT2D eigenvalue weighted by Gasteiger charge is 2.18. The Bertz CT molecular complexity index is 567. The number of hydrogen-bond acceptors (Lipinski definition) is 2. The normalized spacial score (nSPS) is 18.5. The van der Waals surface area contributed by atoms with Crippen molar-refractivity contribution < 1.29 is 9.69 Å². The summed E-state index contributed by atoms with van der Waals surface area (Å²) in [5.41, 5.74) is 8.99. The maximum absolute atomic E-state index is 12.2. The van der Waals surface area contributed by atoms with Gasteiger partial charge in [-0.3, -0.25) is 10.2 Å². The summed E-state index contributed by atoms with van der Waals surface area (Å²) in [6, 6.07) is 8.47. The van der Waals surface area contributed by atoms with Crippen LogP contribution in [-0.2, 0) is 5.41 Å². The van der Waals surface area contributed by atoms with Crippen molar-refractivity contribution in [3.63, 3.8) is 0 Å². The molecule has 0 saturated carbocycles. The molecule has 1 aliphatic heterocycles. The molecule has 0 aliphatic carbocycles. The first-order chi connectivity index (χ1) is 10.8. The molecular formula is C19H30N3O+. The van der Waals surface area contributed by atoms with Crippen molar-refractivity contribution in [3.8, 4) is 0 Å².